The Bertz CT molecular complexity index is 290. The van der Waals surface area contributed by atoms with Gasteiger partial charge in [-0.05, 0) is 32.4 Å². The molecule has 0 aliphatic carbocycles. The summed E-state index contributed by atoms with van der Waals surface area (Å²) in [4.78, 5) is 24.6. The summed E-state index contributed by atoms with van der Waals surface area (Å²) in [5.74, 6) is -0.421. The molecule has 6 nitrogen and oxygen atoms in total. The highest BCUT2D eigenvalue weighted by Gasteiger charge is 2.19. The molecule has 1 saturated heterocycles. The zero-order valence-corrected chi connectivity index (χ0v) is 12.0. The number of carbonyl (C=O) groups is 2. The van der Waals surface area contributed by atoms with Crippen LogP contribution < -0.4 is 16.2 Å². The average molecular weight is 270 g/mol. The van der Waals surface area contributed by atoms with Crippen LogP contribution in [0.1, 0.15) is 39.5 Å². The summed E-state index contributed by atoms with van der Waals surface area (Å²) in [6.07, 6.45) is 4.59. The van der Waals surface area contributed by atoms with Crippen LogP contribution in [0.15, 0.2) is 0 Å². The normalized spacial score (nSPS) is 18.6. The minimum atomic E-state index is -0.258. The molecule has 1 fully saturated rings. The van der Waals surface area contributed by atoms with Crippen molar-refractivity contribution in [3.8, 4) is 0 Å². The number of nitrogens with one attached hydrogen (secondary N) is 3. The summed E-state index contributed by atoms with van der Waals surface area (Å²) in [6, 6.07) is 0.491. The van der Waals surface area contributed by atoms with Crippen molar-refractivity contribution < 1.29 is 9.59 Å². The van der Waals surface area contributed by atoms with Crippen LogP contribution in [0.4, 0.5) is 0 Å². The van der Waals surface area contributed by atoms with Crippen molar-refractivity contribution in [2.75, 3.05) is 26.2 Å². The largest absolute Gasteiger partial charge is 0.313 e. The molecule has 0 aromatic carbocycles. The molecule has 1 aliphatic rings. The molecule has 1 rings (SSSR count). The van der Waals surface area contributed by atoms with Crippen molar-refractivity contribution >= 4 is 11.8 Å². The average Bonchev–Trinajstić information content (AvgIpc) is 2.86. The summed E-state index contributed by atoms with van der Waals surface area (Å²) in [6.45, 7) is 6.74. The minimum absolute atomic E-state index is 0.163. The lowest BCUT2D eigenvalue weighted by atomic mass is 10.2. The Balaban J connectivity index is 2.34. The fourth-order valence-corrected chi connectivity index (χ4v) is 2.24. The molecule has 0 aromatic heterocycles. The van der Waals surface area contributed by atoms with E-state index in [2.05, 4.69) is 28.0 Å². The zero-order chi connectivity index (χ0) is 14.1. The molecule has 3 N–H and O–H groups in total. The van der Waals surface area contributed by atoms with Crippen LogP contribution in [0, 0.1) is 0 Å². The summed E-state index contributed by atoms with van der Waals surface area (Å²) >= 11 is 0. The van der Waals surface area contributed by atoms with Crippen LogP contribution in [0.2, 0.25) is 0 Å². The van der Waals surface area contributed by atoms with Crippen LogP contribution >= 0.6 is 0 Å². The van der Waals surface area contributed by atoms with Gasteiger partial charge in [-0.2, -0.15) is 0 Å². The number of nitrogens with zero attached hydrogens (tertiary/aromatic N) is 1. The van der Waals surface area contributed by atoms with Gasteiger partial charge in [0, 0.05) is 19.5 Å². The van der Waals surface area contributed by atoms with Gasteiger partial charge in [0.25, 0.3) is 5.91 Å². The molecular weight excluding hydrogens is 244 g/mol. The van der Waals surface area contributed by atoms with E-state index in [0.717, 1.165) is 32.5 Å². The molecule has 0 radical (unpaired) electrons. The third kappa shape index (κ3) is 7.12. The van der Waals surface area contributed by atoms with Crippen LogP contribution in [0.25, 0.3) is 0 Å². The zero-order valence-electron chi connectivity index (χ0n) is 12.0. The van der Waals surface area contributed by atoms with Gasteiger partial charge in [-0.3, -0.25) is 25.3 Å². The maximum Gasteiger partial charge on any atom is 0.252 e. The molecule has 2 amide bonds. The SMILES string of the molecule is CCCCN(CC(=O)NNC(C)=O)CC1CCCN1. The van der Waals surface area contributed by atoms with Crippen molar-refractivity contribution in [3.05, 3.63) is 0 Å². The van der Waals surface area contributed by atoms with E-state index in [0.29, 0.717) is 12.6 Å². The lowest BCUT2D eigenvalue weighted by molar-refractivity contribution is -0.128. The summed E-state index contributed by atoms with van der Waals surface area (Å²) in [5.41, 5.74) is 4.73. The molecule has 0 bridgehead atoms. The molecule has 110 valence electrons. The van der Waals surface area contributed by atoms with Crippen molar-refractivity contribution in [1.29, 1.82) is 0 Å². The number of carbonyl (C=O) groups excluding carboxylic acids is 2. The molecule has 1 atom stereocenters. The van der Waals surface area contributed by atoms with Crippen LogP contribution in [0.5, 0.6) is 0 Å². The fourth-order valence-electron chi connectivity index (χ4n) is 2.24. The van der Waals surface area contributed by atoms with Crippen molar-refractivity contribution in [3.63, 3.8) is 0 Å². The molecular formula is C13H26N4O2. The van der Waals surface area contributed by atoms with E-state index in [-0.39, 0.29) is 11.8 Å². The van der Waals surface area contributed by atoms with E-state index in [4.69, 9.17) is 0 Å². The quantitative estimate of drug-likeness (QED) is 0.570. The topological polar surface area (TPSA) is 73.5 Å². The van der Waals surface area contributed by atoms with Gasteiger partial charge in [-0.25, -0.2) is 0 Å². The van der Waals surface area contributed by atoms with E-state index in [1.807, 2.05) is 0 Å². The van der Waals surface area contributed by atoms with Crippen LogP contribution in [0.3, 0.4) is 0 Å². The Morgan fingerprint density at radius 1 is 1.37 bits per heavy atom. The molecule has 0 aromatic rings. The standard InChI is InChI=1S/C13H26N4O2/c1-3-4-8-17(9-12-6-5-7-14-12)10-13(19)16-15-11(2)18/h12,14H,3-10H2,1-2H3,(H,15,18)(H,16,19). The number of hydrazine groups is 1. The molecule has 6 heteroatoms. The lowest BCUT2D eigenvalue weighted by Gasteiger charge is -2.24. The van der Waals surface area contributed by atoms with Gasteiger partial charge in [0.05, 0.1) is 6.54 Å². The Morgan fingerprint density at radius 2 is 2.16 bits per heavy atom. The van der Waals surface area contributed by atoms with E-state index in [1.54, 1.807) is 0 Å². The maximum absolute atomic E-state index is 11.7. The van der Waals surface area contributed by atoms with E-state index >= 15 is 0 Å². The predicted octanol–water partition coefficient (Wildman–Crippen LogP) is 0.00780. The van der Waals surface area contributed by atoms with E-state index in [1.165, 1.54) is 19.8 Å². The number of unbranched alkanes of at least 4 members (excludes halogenated alkanes) is 1. The van der Waals surface area contributed by atoms with Gasteiger partial charge in [0.15, 0.2) is 0 Å². The number of hydrogen-bond acceptors (Lipinski definition) is 4. The van der Waals surface area contributed by atoms with Gasteiger partial charge < -0.3 is 5.32 Å². The lowest BCUT2D eigenvalue weighted by Crippen LogP contribution is -2.48. The Hall–Kier alpha value is -1.14. The van der Waals surface area contributed by atoms with Gasteiger partial charge >= 0.3 is 0 Å². The highest BCUT2D eigenvalue weighted by atomic mass is 16.2. The van der Waals surface area contributed by atoms with Gasteiger partial charge in [0.1, 0.15) is 0 Å². The van der Waals surface area contributed by atoms with E-state index < -0.39 is 0 Å². The molecule has 1 unspecified atom stereocenters. The first-order chi connectivity index (χ1) is 9.11. The minimum Gasteiger partial charge on any atom is -0.313 e. The smallest absolute Gasteiger partial charge is 0.252 e. The van der Waals surface area contributed by atoms with E-state index in [9.17, 15) is 9.59 Å². The first-order valence-corrected chi connectivity index (χ1v) is 7.13. The summed E-state index contributed by atoms with van der Waals surface area (Å²) < 4.78 is 0. The second-order valence-corrected chi connectivity index (χ2v) is 5.11. The third-order valence-corrected chi connectivity index (χ3v) is 3.21. The Kier molecular flexibility index (Phi) is 7.43. The highest BCUT2D eigenvalue weighted by molar-refractivity contribution is 5.81. The number of hydrogen-bond donors (Lipinski definition) is 3. The van der Waals surface area contributed by atoms with Gasteiger partial charge in [-0.15, -0.1) is 0 Å². The molecule has 1 aliphatic heterocycles. The summed E-state index contributed by atoms with van der Waals surface area (Å²) in [7, 11) is 0. The second-order valence-electron chi connectivity index (χ2n) is 5.11. The third-order valence-electron chi connectivity index (χ3n) is 3.21. The summed E-state index contributed by atoms with van der Waals surface area (Å²) in [5, 5.41) is 3.44. The van der Waals surface area contributed by atoms with Crippen LogP contribution in [-0.2, 0) is 9.59 Å². The predicted molar refractivity (Wildman–Crippen MR) is 74.3 cm³/mol. The van der Waals surface area contributed by atoms with Crippen LogP contribution in [-0.4, -0.2) is 48.9 Å². The molecule has 19 heavy (non-hydrogen) atoms. The number of rotatable bonds is 7. The van der Waals surface area contributed by atoms with Crippen molar-refractivity contribution in [2.45, 2.75) is 45.6 Å². The van der Waals surface area contributed by atoms with Crippen molar-refractivity contribution in [2.24, 2.45) is 0 Å². The number of amides is 2. The molecule has 1 heterocycles. The Labute approximate surface area is 115 Å². The van der Waals surface area contributed by atoms with Gasteiger partial charge in [0.2, 0.25) is 5.91 Å². The molecule has 0 spiro atoms. The monoisotopic (exact) mass is 270 g/mol. The highest BCUT2D eigenvalue weighted by Crippen LogP contribution is 2.07. The first kappa shape index (κ1) is 15.9. The fraction of sp³-hybridized carbons (Fsp3) is 0.846. The first-order valence-electron chi connectivity index (χ1n) is 7.13. The second kappa shape index (κ2) is 8.87. The Morgan fingerprint density at radius 3 is 2.74 bits per heavy atom. The molecule has 0 saturated carbocycles. The van der Waals surface area contributed by atoms with Crippen molar-refractivity contribution in [1.82, 2.24) is 21.1 Å². The maximum atomic E-state index is 11.7. The van der Waals surface area contributed by atoms with Gasteiger partial charge in [-0.1, -0.05) is 13.3 Å².